The predicted octanol–water partition coefficient (Wildman–Crippen LogP) is 10.1. The lowest BCUT2D eigenvalue weighted by Crippen LogP contribution is -2.50. The van der Waals surface area contributed by atoms with Gasteiger partial charge in [0.2, 0.25) is 0 Å². The van der Waals surface area contributed by atoms with Crippen LogP contribution in [0.2, 0.25) is 0 Å². The molecule has 0 radical (unpaired) electrons. The topological polar surface area (TPSA) is 212 Å². The number of fused-ring (bicyclic) bond motifs is 6. The summed E-state index contributed by atoms with van der Waals surface area (Å²) in [6, 6.07) is 32.0. The average molecular weight is 1120 g/mol. The zero-order valence-electron chi connectivity index (χ0n) is 47.2. The molecule has 10 heterocycles. The summed E-state index contributed by atoms with van der Waals surface area (Å²) in [5.74, 6) is 2.31. The van der Waals surface area contributed by atoms with E-state index in [-0.39, 0.29) is 30.9 Å². The molecule has 12 rings (SSSR count). The van der Waals surface area contributed by atoms with Crippen molar-refractivity contribution in [2.75, 3.05) is 86.0 Å². The lowest BCUT2D eigenvalue weighted by Gasteiger charge is -2.36. The molecule has 10 aromatic rings. The monoisotopic (exact) mass is 1110 g/mol. The summed E-state index contributed by atoms with van der Waals surface area (Å²) in [5, 5.41) is 14.2. The van der Waals surface area contributed by atoms with Crippen molar-refractivity contribution in [2.24, 2.45) is 0 Å². The second kappa shape index (κ2) is 24.6. The van der Waals surface area contributed by atoms with E-state index in [1.165, 1.54) is 0 Å². The van der Waals surface area contributed by atoms with E-state index in [2.05, 4.69) is 70.9 Å². The molecule has 2 aromatic carbocycles. The molecule has 83 heavy (non-hydrogen) atoms. The fraction of sp³-hybridized carbons (Fsp3) is 0.286. The van der Waals surface area contributed by atoms with Crippen LogP contribution in [0.1, 0.15) is 45.7 Å². The van der Waals surface area contributed by atoms with E-state index in [0.29, 0.717) is 56.8 Å². The summed E-state index contributed by atoms with van der Waals surface area (Å²) >= 11 is 0. The van der Waals surface area contributed by atoms with Gasteiger partial charge < -0.3 is 54.0 Å². The van der Waals surface area contributed by atoms with Crippen LogP contribution in [-0.2, 0) is 36.6 Å². The zero-order chi connectivity index (χ0) is 57.5. The van der Waals surface area contributed by atoms with E-state index in [9.17, 15) is 14.4 Å². The van der Waals surface area contributed by atoms with Gasteiger partial charge in [-0.1, -0.05) is 24.3 Å². The molecule has 2 fully saturated rings. The van der Waals surface area contributed by atoms with Crippen molar-refractivity contribution in [3.8, 4) is 11.4 Å². The van der Waals surface area contributed by atoms with Gasteiger partial charge in [-0.25, -0.2) is 24.7 Å². The van der Waals surface area contributed by atoms with E-state index < -0.39 is 5.60 Å². The highest BCUT2D eigenvalue weighted by Crippen LogP contribution is 2.35. The Morgan fingerprint density at radius 1 is 0.494 bits per heavy atom. The highest BCUT2D eigenvalue weighted by Gasteiger charge is 2.26. The Morgan fingerprint density at radius 3 is 1.35 bits per heavy atom. The Balaban J connectivity index is 0.000000176. The Bertz CT molecular complexity index is 3900. The Kier molecular flexibility index (Phi) is 16.4. The summed E-state index contributed by atoms with van der Waals surface area (Å²) < 4.78 is 20.0. The highest BCUT2D eigenvalue weighted by molar-refractivity contribution is 6.10. The van der Waals surface area contributed by atoms with Crippen LogP contribution in [0.5, 0.6) is 0 Å². The van der Waals surface area contributed by atoms with Crippen LogP contribution in [0, 0.1) is 0 Å². The predicted molar refractivity (Wildman–Crippen MR) is 324 cm³/mol. The number of ether oxygens (including phenoxy) is 3. The first-order valence-corrected chi connectivity index (χ1v) is 28.0. The molecule has 0 spiro atoms. The van der Waals surface area contributed by atoms with Gasteiger partial charge in [0.05, 0.1) is 84.3 Å². The van der Waals surface area contributed by atoms with E-state index in [0.717, 1.165) is 109 Å². The maximum absolute atomic E-state index is 12.4. The number of rotatable bonds is 14. The number of aromatic nitrogens is 8. The quantitative estimate of drug-likeness (QED) is 0.0683. The smallest absolute Gasteiger partial charge is 0.410 e. The van der Waals surface area contributed by atoms with Gasteiger partial charge in [-0.15, -0.1) is 0 Å². The van der Waals surface area contributed by atoms with E-state index in [1.807, 2.05) is 156 Å². The SMILES string of the molecule is CCOC(=O)Cc1ccc(-n2c3cnccc3c3cnc(Nc4ccc(N5CCN(C(=O)OC(C)(C)C)CC5)cn4)cc32)cc1.CCOC(=O)Cc1ccc(-n2c3cnccc3c3cnc(Nc4ccc(N5CCNCC5)cn4)cc32)cc1. The number of hydrogen-bond acceptors (Lipinski definition) is 17. The number of nitrogens with zero attached hydrogens (tertiary/aromatic N) is 11. The van der Waals surface area contributed by atoms with Gasteiger partial charge in [0, 0.05) is 122 Å². The summed E-state index contributed by atoms with van der Waals surface area (Å²) in [6.07, 6.45) is 15.0. The fourth-order valence-corrected chi connectivity index (χ4v) is 10.4. The van der Waals surface area contributed by atoms with Gasteiger partial charge >= 0.3 is 18.0 Å². The van der Waals surface area contributed by atoms with Gasteiger partial charge in [0.15, 0.2) is 0 Å². The molecular formula is C63H66N14O6. The number of esters is 2. The number of anilines is 6. The number of nitrogens with one attached hydrogen (secondary N) is 3. The third-order valence-corrected chi connectivity index (χ3v) is 14.4. The van der Waals surface area contributed by atoms with Gasteiger partial charge in [-0.3, -0.25) is 19.6 Å². The molecule has 20 heteroatoms. The zero-order valence-corrected chi connectivity index (χ0v) is 47.2. The standard InChI is InChI=1S/C34H37N7O4.C29H29N7O2/c1-5-44-32(42)18-23-6-8-24(9-7-23)41-28-19-31(37-21-27(28)26-12-13-35-22-29(26)41)38-30-11-10-25(20-36-30)39-14-16-40(17-15-39)33(43)45-34(2,3)4;1-2-38-29(37)15-20-3-5-21(6-4-20)36-25-16-28(33-18-24(25)23-9-10-31-19-26(23)36)34-27-8-7-22(17-32-27)35-13-11-30-12-14-35/h6-13,19-22H,5,14-18H2,1-4H3,(H,36,37,38);3-10,16-19,30H,2,11-15H2,1H3,(H,32,33,34). The summed E-state index contributed by atoms with van der Waals surface area (Å²) in [7, 11) is 0. The van der Waals surface area contributed by atoms with Gasteiger partial charge in [-0.2, -0.15) is 0 Å². The molecule has 0 atom stereocenters. The fourth-order valence-electron chi connectivity index (χ4n) is 10.4. The van der Waals surface area contributed by atoms with E-state index in [4.69, 9.17) is 14.2 Å². The third kappa shape index (κ3) is 12.8. The summed E-state index contributed by atoms with van der Waals surface area (Å²) in [6.45, 7) is 16.5. The lowest BCUT2D eigenvalue weighted by molar-refractivity contribution is -0.143. The molecule has 0 aliphatic carbocycles. The molecule has 0 unspecified atom stereocenters. The summed E-state index contributed by atoms with van der Waals surface area (Å²) in [4.78, 5) is 70.0. The molecule has 2 saturated heterocycles. The second-order valence-corrected chi connectivity index (χ2v) is 21.2. The van der Waals surface area contributed by atoms with Crippen molar-refractivity contribution < 1.29 is 28.6 Å². The van der Waals surface area contributed by atoms with Crippen molar-refractivity contribution >= 4 is 96.3 Å². The van der Waals surface area contributed by atoms with Crippen LogP contribution < -0.4 is 25.8 Å². The first kappa shape index (κ1) is 55.2. The molecule has 0 saturated carbocycles. The molecule has 1 amide bonds. The number of pyridine rings is 6. The summed E-state index contributed by atoms with van der Waals surface area (Å²) in [5.41, 5.74) is 9.23. The maximum Gasteiger partial charge on any atom is 0.410 e. The Labute approximate surface area is 480 Å². The van der Waals surface area contributed by atoms with Crippen LogP contribution in [-0.4, -0.2) is 133 Å². The third-order valence-electron chi connectivity index (χ3n) is 14.4. The van der Waals surface area contributed by atoms with Gasteiger partial charge in [0.1, 0.15) is 28.9 Å². The molecule has 424 valence electrons. The molecule has 3 N–H and O–H groups in total. The number of hydrogen-bond donors (Lipinski definition) is 3. The lowest BCUT2D eigenvalue weighted by atomic mass is 10.1. The molecule has 2 aliphatic rings. The van der Waals surface area contributed by atoms with Crippen molar-refractivity contribution in [3.63, 3.8) is 0 Å². The van der Waals surface area contributed by atoms with Crippen molar-refractivity contribution in [1.29, 1.82) is 0 Å². The minimum atomic E-state index is -0.508. The molecular weight excluding hydrogens is 1050 g/mol. The van der Waals surface area contributed by atoms with Crippen LogP contribution in [0.15, 0.2) is 147 Å². The first-order chi connectivity index (χ1) is 40.4. The average Bonchev–Trinajstić information content (AvgIpc) is 4.24. The highest BCUT2D eigenvalue weighted by atomic mass is 16.6. The van der Waals surface area contributed by atoms with Gasteiger partial charge in [-0.05, 0) is 106 Å². The minimum Gasteiger partial charge on any atom is -0.466 e. The molecule has 20 nitrogen and oxygen atoms in total. The van der Waals surface area contributed by atoms with Crippen molar-refractivity contribution in [2.45, 2.75) is 53.1 Å². The number of carbonyl (C=O) groups is 3. The van der Waals surface area contributed by atoms with Crippen LogP contribution in [0.25, 0.3) is 55.0 Å². The normalized spacial score (nSPS) is 13.7. The van der Waals surface area contributed by atoms with Gasteiger partial charge in [0.25, 0.3) is 0 Å². The molecule has 8 aromatic heterocycles. The minimum absolute atomic E-state index is 0.224. The Hall–Kier alpha value is -9.69. The Morgan fingerprint density at radius 2 is 0.928 bits per heavy atom. The van der Waals surface area contributed by atoms with Crippen molar-refractivity contribution in [1.82, 2.24) is 49.3 Å². The number of benzene rings is 2. The van der Waals surface area contributed by atoms with E-state index in [1.54, 1.807) is 24.2 Å². The molecule has 0 bridgehead atoms. The number of piperazine rings is 2. The van der Waals surface area contributed by atoms with E-state index >= 15 is 0 Å². The van der Waals surface area contributed by atoms with Crippen molar-refractivity contribution in [3.05, 3.63) is 158 Å². The molecule has 2 aliphatic heterocycles. The van der Waals surface area contributed by atoms with Crippen LogP contribution in [0.4, 0.5) is 39.4 Å². The number of carbonyl (C=O) groups excluding carboxylic acids is 3. The van der Waals surface area contributed by atoms with Crippen LogP contribution >= 0.6 is 0 Å². The van der Waals surface area contributed by atoms with Crippen LogP contribution in [0.3, 0.4) is 0 Å². The maximum atomic E-state index is 12.4. The largest absolute Gasteiger partial charge is 0.466 e. The first-order valence-electron chi connectivity index (χ1n) is 28.0. The second-order valence-electron chi connectivity index (χ2n) is 21.2. The number of amides is 1.